The van der Waals surface area contributed by atoms with Gasteiger partial charge in [-0.25, -0.2) is 4.98 Å². The van der Waals surface area contributed by atoms with Crippen molar-refractivity contribution in [3.8, 4) is 0 Å². The maximum atomic E-state index is 5.85. The number of hydrogen-bond acceptors (Lipinski definition) is 4. The number of aliphatic imine (C=N–C) groups is 1. The van der Waals surface area contributed by atoms with E-state index in [0.29, 0.717) is 18.5 Å². The third kappa shape index (κ3) is 7.27. The van der Waals surface area contributed by atoms with Crippen molar-refractivity contribution in [2.45, 2.75) is 65.1 Å². The van der Waals surface area contributed by atoms with E-state index in [9.17, 15) is 0 Å². The van der Waals surface area contributed by atoms with E-state index in [2.05, 4.69) is 77.5 Å². The molecular weight excluding hydrogens is 489 g/mol. The molecule has 6 nitrogen and oxygen atoms in total. The number of halogens is 1. The summed E-state index contributed by atoms with van der Waals surface area (Å²) in [5.41, 5.74) is 2.70. The van der Waals surface area contributed by atoms with Crippen LogP contribution in [0.2, 0.25) is 0 Å². The van der Waals surface area contributed by atoms with Crippen LogP contribution in [0.25, 0.3) is 0 Å². The number of nitrogens with one attached hydrogen (secondary N) is 2. The number of piperidine rings is 1. The van der Waals surface area contributed by atoms with Crippen LogP contribution in [0.5, 0.6) is 0 Å². The molecule has 1 aliphatic heterocycles. The van der Waals surface area contributed by atoms with Crippen LogP contribution in [0.1, 0.15) is 56.4 Å². The smallest absolute Gasteiger partial charge is 0.213 e. The second kappa shape index (κ2) is 11.1. The zero-order chi connectivity index (χ0) is 20.9. The molecule has 0 atom stereocenters. The number of likely N-dealkylation sites (tertiary alicyclic amines) is 1. The van der Waals surface area contributed by atoms with E-state index >= 15 is 0 Å². The fraction of sp³-hybridized carbons (Fsp3) is 0.565. The van der Waals surface area contributed by atoms with Gasteiger partial charge in [-0.3, -0.25) is 9.89 Å². The van der Waals surface area contributed by atoms with Crippen molar-refractivity contribution in [3.05, 3.63) is 53.2 Å². The summed E-state index contributed by atoms with van der Waals surface area (Å²) >= 11 is 0. The molecule has 1 saturated heterocycles. The molecule has 1 aromatic carbocycles. The van der Waals surface area contributed by atoms with Gasteiger partial charge >= 0.3 is 0 Å². The Morgan fingerprint density at radius 1 is 1.27 bits per heavy atom. The van der Waals surface area contributed by atoms with Gasteiger partial charge < -0.3 is 15.1 Å². The summed E-state index contributed by atoms with van der Waals surface area (Å²) in [5, 5.41) is 6.87. The monoisotopic (exact) mass is 525 g/mol. The molecule has 7 heteroatoms. The molecule has 3 rings (SSSR count). The van der Waals surface area contributed by atoms with E-state index in [0.717, 1.165) is 44.2 Å². The average molecular weight is 525 g/mol. The molecule has 2 N–H and O–H groups in total. The molecule has 1 aromatic heterocycles. The van der Waals surface area contributed by atoms with Crippen molar-refractivity contribution in [1.82, 2.24) is 20.5 Å². The number of oxazole rings is 1. The predicted molar refractivity (Wildman–Crippen MR) is 133 cm³/mol. The lowest BCUT2D eigenvalue weighted by atomic mass is 9.94. The second-order valence-corrected chi connectivity index (χ2v) is 8.98. The number of benzene rings is 1. The molecule has 0 spiro atoms. The molecular formula is C23H36IN5O. The highest BCUT2D eigenvalue weighted by molar-refractivity contribution is 14.0. The summed E-state index contributed by atoms with van der Waals surface area (Å²) in [5.74, 6) is 2.39. The summed E-state index contributed by atoms with van der Waals surface area (Å²) in [6.45, 7) is 12.3. The number of nitrogens with zero attached hydrogens (tertiary/aromatic N) is 3. The molecule has 1 fully saturated rings. The largest absolute Gasteiger partial charge is 0.443 e. The van der Waals surface area contributed by atoms with Crippen LogP contribution in [0.4, 0.5) is 0 Å². The zero-order valence-corrected chi connectivity index (χ0v) is 21.2. The van der Waals surface area contributed by atoms with Gasteiger partial charge in [0.15, 0.2) is 5.96 Å². The van der Waals surface area contributed by atoms with Gasteiger partial charge in [-0.15, -0.1) is 24.0 Å². The molecule has 0 radical (unpaired) electrons. The lowest BCUT2D eigenvalue weighted by Crippen LogP contribution is -2.48. The number of guanidine groups is 1. The van der Waals surface area contributed by atoms with Gasteiger partial charge in [0.25, 0.3) is 0 Å². The van der Waals surface area contributed by atoms with E-state index < -0.39 is 0 Å². The van der Waals surface area contributed by atoms with Crippen LogP contribution in [0.15, 0.2) is 39.9 Å². The van der Waals surface area contributed by atoms with E-state index in [-0.39, 0.29) is 29.4 Å². The summed E-state index contributed by atoms with van der Waals surface area (Å²) in [6, 6.07) is 9.23. The minimum absolute atomic E-state index is 0. The topological polar surface area (TPSA) is 65.7 Å². The Hall–Kier alpha value is -1.61. The Bertz CT molecular complexity index is 819. The summed E-state index contributed by atoms with van der Waals surface area (Å²) in [4.78, 5) is 11.3. The lowest BCUT2D eigenvalue weighted by Gasteiger charge is -2.33. The second-order valence-electron chi connectivity index (χ2n) is 8.98. The molecule has 166 valence electrons. The quantitative estimate of drug-likeness (QED) is 0.348. The van der Waals surface area contributed by atoms with Gasteiger partial charge in [-0.1, -0.05) is 50.6 Å². The van der Waals surface area contributed by atoms with Gasteiger partial charge in [-0.05, 0) is 25.3 Å². The highest BCUT2D eigenvalue weighted by atomic mass is 127. The molecule has 0 saturated carbocycles. The van der Waals surface area contributed by atoms with Crippen LogP contribution in [-0.4, -0.2) is 42.0 Å². The Morgan fingerprint density at radius 2 is 2.00 bits per heavy atom. The molecule has 0 aliphatic carbocycles. The molecule has 30 heavy (non-hydrogen) atoms. The van der Waals surface area contributed by atoms with Crippen molar-refractivity contribution < 1.29 is 4.42 Å². The predicted octanol–water partition coefficient (Wildman–Crippen LogP) is 4.23. The van der Waals surface area contributed by atoms with Gasteiger partial charge in [0, 0.05) is 38.1 Å². The van der Waals surface area contributed by atoms with Crippen molar-refractivity contribution in [1.29, 1.82) is 0 Å². The molecule has 2 heterocycles. The van der Waals surface area contributed by atoms with Gasteiger partial charge in [0.2, 0.25) is 5.89 Å². The molecule has 0 unspecified atom stereocenters. The normalized spacial score (nSPS) is 16.2. The lowest BCUT2D eigenvalue weighted by molar-refractivity contribution is 0.198. The van der Waals surface area contributed by atoms with Crippen molar-refractivity contribution >= 4 is 29.9 Å². The SMILES string of the molecule is CN=C(NCc1ncc(C(C)(C)C)o1)NC1CCN(Cc2cccc(C)c2)CC1.I. The Balaban J connectivity index is 0.00000320. The fourth-order valence-electron chi connectivity index (χ4n) is 3.59. The summed E-state index contributed by atoms with van der Waals surface area (Å²) < 4.78 is 5.85. The maximum absolute atomic E-state index is 5.85. The third-order valence-electron chi connectivity index (χ3n) is 5.34. The van der Waals surface area contributed by atoms with Crippen LogP contribution in [0.3, 0.4) is 0 Å². The van der Waals surface area contributed by atoms with Gasteiger partial charge in [-0.2, -0.15) is 0 Å². The van der Waals surface area contributed by atoms with E-state index in [4.69, 9.17) is 4.42 Å². The fourth-order valence-corrected chi connectivity index (χ4v) is 3.59. The maximum Gasteiger partial charge on any atom is 0.213 e. The Labute approximate surface area is 198 Å². The Morgan fingerprint density at radius 3 is 2.60 bits per heavy atom. The first-order valence-electron chi connectivity index (χ1n) is 10.5. The van der Waals surface area contributed by atoms with Crippen molar-refractivity contribution in [2.24, 2.45) is 4.99 Å². The van der Waals surface area contributed by atoms with Crippen LogP contribution >= 0.6 is 24.0 Å². The standard InChI is InChI=1S/C23H35N5O.HI/c1-17-7-6-8-18(13-17)16-28-11-9-19(10-12-28)27-22(24-5)26-15-21-25-14-20(29-21)23(2,3)4;/h6-8,13-14,19H,9-12,15-16H2,1-5H3,(H2,24,26,27);1H. The Kier molecular flexibility index (Phi) is 9.15. The van der Waals surface area contributed by atoms with E-state index in [1.54, 1.807) is 7.05 Å². The zero-order valence-electron chi connectivity index (χ0n) is 18.9. The molecule has 2 aromatic rings. The molecule has 0 amide bonds. The summed E-state index contributed by atoms with van der Waals surface area (Å²) in [7, 11) is 1.80. The minimum Gasteiger partial charge on any atom is -0.443 e. The van der Waals surface area contributed by atoms with E-state index in [1.165, 1.54) is 11.1 Å². The van der Waals surface area contributed by atoms with Crippen LogP contribution < -0.4 is 10.6 Å². The van der Waals surface area contributed by atoms with Crippen LogP contribution in [-0.2, 0) is 18.5 Å². The molecule has 1 aliphatic rings. The average Bonchev–Trinajstić information content (AvgIpc) is 3.16. The molecule has 0 bridgehead atoms. The number of aromatic nitrogens is 1. The first kappa shape index (κ1) is 24.7. The van der Waals surface area contributed by atoms with Crippen molar-refractivity contribution in [3.63, 3.8) is 0 Å². The summed E-state index contributed by atoms with van der Waals surface area (Å²) in [6.07, 6.45) is 4.04. The third-order valence-corrected chi connectivity index (χ3v) is 5.34. The number of hydrogen-bond donors (Lipinski definition) is 2. The number of aryl methyl sites for hydroxylation is 1. The highest BCUT2D eigenvalue weighted by Crippen LogP contribution is 2.22. The highest BCUT2D eigenvalue weighted by Gasteiger charge is 2.21. The first-order chi connectivity index (χ1) is 13.8. The van der Waals surface area contributed by atoms with Crippen molar-refractivity contribution in [2.75, 3.05) is 20.1 Å². The van der Waals surface area contributed by atoms with Gasteiger partial charge in [0.05, 0.1) is 12.7 Å². The van der Waals surface area contributed by atoms with E-state index in [1.807, 2.05) is 6.20 Å². The first-order valence-corrected chi connectivity index (χ1v) is 10.5. The van der Waals surface area contributed by atoms with Gasteiger partial charge in [0.1, 0.15) is 5.76 Å². The number of rotatable bonds is 5. The minimum atomic E-state index is -0.0302. The van der Waals surface area contributed by atoms with Crippen LogP contribution in [0, 0.1) is 6.92 Å².